The summed E-state index contributed by atoms with van der Waals surface area (Å²) in [6, 6.07) is 5.46. The van der Waals surface area contributed by atoms with Gasteiger partial charge in [-0.3, -0.25) is 4.79 Å². The maximum atomic E-state index is 12.9. The number of benzene rings is 1. The van der Waals surface area contributed by atoms with Crippen molar-refractivity contribution in [3.8, 4) is 5.75 Å². The van der Waals surface area contributed by atoms with Crippen molar-refractivity contribution in [1.82, 2.24) is 9.80 Å². The quantitative estimate of drug-likeness (QED) is 0.651. The predicted molar refractivity (Wildman–Crippen MR) is 102 cm³/mol. The second-order valence-electron chi connectivity index (χ2n) is 6.29. The smallest absolute Gasteiger partial charge is 0.409 e. The first-order chi connectivity index (χ1) is 13.1. The normalized spacial score (nSPS) is 14.2. The van der Waals surface area contributed by atoms with Gasteiger partial charge in [0.15, 0.2) is 0 Å². The van der Waals surface area contributed by atoms with Gasteiger partial charge in [-0.05, 0) is 38.5 Å². The van der Waals surface area contributed by atoms with Crippen LogP contribution in [0, 0.1) is 0 Å². The number of carbonyl (C=O) groups is 2. The summed E-state index contributed by atoms with van der Waals surface area (Å²) in [5.41, 5.74) is 1.49. The Morgan fingerprint density at radius 1 is 1.00 bits per heavy atom. The van der Waals surface area contributed by atoms with E-state index in [-0.39, 0.29) is 12.0 Å². The minimum Gasteiger partial charge on any atom is -0.494 e. The van der Waals surface area contributed by atoms with Crippen LogP contribution in [0.3, 0.4) is 0 Å². The number of carbonyl (C=O) groups excluding carboxylic acids is 2. The molecular weight excluding hydrogens is 348 g/mol. The molecule has 1 heterocycles. The second kappa shape index (κ2) is 10.8. The first kappa shape index (κ1) is 21.0. The van der Waals surface area contributed by atoms with Crippen LogP contribution in [0.2, 0.25) is 0 Å². The minimum absolute atomic E-state index is 0.0432. The molecule has 2 amide bonds. The Bertz CT molecular complexity index is 627. The van der Waals surface area contributed by atoms with E-state index in [1.807, 2.05) is 19.1 Å². The van der Waals surface area contributed by atoms with E-state index in [1.165, 1.54) is 0 Å². The van der Waals surface area contributed by atoms with Crippen molar-refractivity contribution in [2.45, 2.75) is 33.8 Å². The Hall–Kier alpha value is -2.28. The standard InChI is InChI=1S/C20H30N2O5/c1-4-13-25-15-17-14-16(7-8-18(17)26-5-2)19(23)21-9-11-22(12-10-21)20(24)27-6-3/h7-8,14H,4-6,9-13,15H2,1-3H3. The lowest BCUT2D eigenvalue weighted by molar-refractivity contribution is 0.0570. The first-order valence-electron chi connectivity index (χ1n) is 9.65. The number of amides is 2. The Kier molecular flexibility index (Phi) is 8.39. The highest BCUT2D eigenvalue weighted by Gasteiger charge is 2.26. The molecule has 0 saturated carbocycles. The number of ether oxygens (including phenoxy) is 3. The summed E-state index contributed by atoms with van der Waals surface area (Å²) in [5.74, 6) is 0.704. The van der Waals surface area contributed by atoms with E-state index in [2.05, 4.69) is 6.92 Å². The monoisotopic (exact) mass is 378 g/mol. The molecule has 2 rings (SSSR count). The Morgan fingerprint density at radius 3 is 2.33 bits per heavy atom. The molecule has 1 fully saturated rings. The van der Waals surface area contributed by atoms with Gasteiger partial charge < -0.3 is 24.0 Å². The third-order valence-corrected chi connectivity index (χ3v) is 4.31. The lowest BCUT2D eigenvalue weighted by Gasteiger charge is -2.34. The summed E-state index contributed by atoms with van der Waals surface area (Å²) in [6.45, 7) is 9.71. The van der Waals surface area contributed by atoms with Crippen LogP contribution in [-0.4, -0.2) is 67.8 Å². The molecule has 1 aromatic rings. The molecule has 1 saturated heterocycles. The molecule has 150 valence electrons. The Morgan fingerprint density at radius 2 is 1.70 bits per heavy atom. The minimum atomic E-state index is -0.318. The van der Waals surface area contributed by atoms with Crippen molar-refractivity contribution >= 4 is 12.0 Å². The Labute approximate surface area is 161 Å². The molecule has 27 heavy (non-hydrogen) atoms. The zero-order valence-electron chi connectivity index (χ0n) is 16.5. The summed E-state index contributed by atoms with van der Waals surface area (Å²) in [4.78, 5) is 28.0. The molecule has 0 aromatic heterocycles. The molecule has 7 nitrogen and oxygen atoms in total. The van der Waals surface area contributed by atoms with Gasteiger partial charge >= 0.3 is 6.09 Å². The van der Waals surface area contributed by atoms with Gasteiger partial charge in [-0.1, -0.05) is 6.92 Å². The molecule has 0 atom stereocenters. The van der Waals surface area contributed by atoms with Gasteiger partial charge in [0.25, 0.3) is 5.91 Å². The van der Waals surface area contributed by atoms with E-state index >= 15 is 0 Å². The summed E-state index contributed by atoms with van der Waals surface area (Å²) in [7, 11) is 0. The third-order valence-electron chi connectivity index (χ3n) is 4.31. The topological polar surface area (TPSA) is 68.3 Å². The van der Waals surface area contributed by atoms with E-state index in [4.69, 9.17) is 14.2 Å². The lowest BCUT2D eigenvalue weighted by atomic mass is 10.1. The highest BCUT2D eigenvalue weighted by Crippen LogP contribution is 2.23. The van der Waals surface area contributed by atoms with Crippen LogP contribution in [0.1, 0.15) is 43.1 Å². The van der Waals surface area contributed by atoms with Crippen LogP contribution in [-0.2, 0) is 16.1 Å². The van der Waals surface area contributed by atoms with Gasteiger partial charge in [-0.2, -0.15) is 0 Å². The van der Waals surface area contributed by atoms with E-state index in [0.29, 0.717) is 58.2 Å². The van der Waals surface area contributed by atoms with E-state index in [9.17, 15) is 9.59 Å². The van der Waals surface area contributed by atoms with Gasteiger partial charge in [0.05, 0.1) is 19.8 Å². The lowest BCUT2D eigenvalue weighted by Crippen LogP contribution is -2.50. The van der Waals surface area contributed by atoms with Crippen molar-refractivity contribution in [1.29, 1.82) is 0 Å². The maximum absolute atomic E-state index is 12.9. The van der Waals surface area contributed by atoms with Crippen LogP contribution in [0.25, 0.3) is 0 Å². The number of piperazine rings is 1. The number of hydrogen-bond acceptors (Lipinski definition) is 5. The molecule has 1 aliphatic rings. The van der Waals surface area contributed by atoms with Gasteiger partial charge in [-0.15, -0.1) is 0 Å². The van der Waals surface area contributed by atoms with Crippen LogP contribution in [0.5, 0.6) is 5.75 Å². The predicted octanol–water partition coefficient (Wildman–Crippen LogP) is 2.93. The summed E-state index contributed by atoms with van der Waals surface area (Å²) in [5, 5.41) is 0. The SMILES string of the molecule is CCCOCc1cc(C(=O)N2CCN(C(=O)OCC)CC2)ccc1OCC. The average molecular weight is 378 g/mol. The molecule has 0 bridgehead atoms. The summed E-state index contributed by atoms with van der Waals surface area (Å²) in [6.07, 6.45) is 0.619. The number of rotatable bonds is 8. The van der Waals surface area contributed by atoms with Crippen LogP contribution < -0.4 is 4.74 Å². The maximum Gasteiger partial charge on any atom is 0.409 e. The van der Waals surface area contributed by atoms with Crippen molar-refractivity contribution in [2.75, 3.05) is 46.0 Å². The fourth-order valence-corrected chi connectivity index (χ4v) is 2.94. The zero-order chi connectivity index (χ0) is 19.6. The van der Waals surface area contributed by atoms with Crippen molar-refractivity contribution in [2.24, 2.45) is 0 Å². The van der Waals surface area contributed by atoms with E-state index in [1.54, 1.807) is 22.8 Å². The highest BCUT2D eigenvalue weighted by atomic mass is 16.6. The fraction of sp³-hybridized carbons (Fsp3) is 0.600. The van der Waals surface area contributed by atoms with Gasteiger partial charge in [0.1, 0.15) is 5.75 Å². The number of nitrogens with zero attached hydrogens (tertiary/aromatic N) is 2. The molecule has 0 radical (unpaired) electrons. The van der Waals surface area contributed by atoms with E-state index in [0.717, 1.165) is 17.7 Å². The molecule has 0 aliphatic carbocycles. The van der Waals surface area contributed by atoms with Crippen LogP contribution >= 0.6 is 0 Å². The molecule has 1 aromatic carbocycles. The van der Waals surface area contributed by atoms with Gasteiger partial charge in [0, 0.05) is 43.9 Å². The fourth-order valence-electron chi connectivity index (χ4n) is 2.94. The zero-order valence-corrected chi connectivity index (χ0v) is 16.5. The molecular formula is C20H30N2O5. The molecule has 0 unspecified atom stereocenters. The van der Waals surface area contributed by atoms with Crippen molar-refractivity contribution in [3.05, 3.63) is 29.3 Å². The third kappa shape index (κ3) is 5.85. The second-order valence-corrected chi connectivity index (χ2v) is 6.29. The average Bonchev–Trinajstić information content (AvgIpc) is 2.69. The summed E-state index contributed by atoms with van der Waals surface area (Å²) < 4.78 is 16.3. The van der Waals surface area contributed by atoms with Crippen molar-refractivity contribution < 1.29 is 23.8 Å². The molecule has 7 heteroatoms. The first-order valence-corrected chi connectivity index (χ1v) is 9.65. The largest absolute Gasteiger partial charge is 0.494 e. The molecule has 0 spiro atoms. The highest BCUT2D eigenvalue weighted by molar-refractivity contribution is 5.94. The Balaban J connectivity index is 2.03. The molecule has 1 aliphatic heterocycles. The summed E-state index contributed by atoms with van der Waals surface area (Å²) >= 11 is 0. The van der Waals surface area contributed by atoms with E-state index < -0.39 is 0 Å². The van der Waals surface area contributed by atoms with Crippen LogP contribution in [0.15, 0.2) is 18.2 Å². The van der Waals surface area contributed by atoms with Crippen molar-refractivity contribution in [3.63, 3.8) is 0 Å². The van der Waals surface area contributed by atoms with Gasteiger partial charge in [0.2, 0.25) is 0 Å². The van der Waals surface area contributed by atoms with Crippen LogP contribution in [0.4, 0.5) is 4.79 Å². The number of hydrogen-bond donors (Lipinski definition) is 0. The molecule has 0 N–H and O–H groups in total. The van der Waals surface area contributed by atoms with Gasteiger partial charge in [-0.25, -0.2) is 4.79 Å².